The summed E-state index contributed by atoms with van der Waals surface area (Å²) >= 11 is 4.85. The molecular weight excluding hydrogens is 293 g/mol. The summed E-state index contributed by atoms with van der Waals surface area (Å²) in [5.41, 5.74) is 5.76. The quantitative estimate of drug-likeness (QED) is 0.823. The molecule has 0 fully saturated rings. The van der Waals surface area contributed by atoms with Gasteiger partial charge in [-0.1, -0.05) is 19.1 Å². The van der Waals surface area contributed by atoms with Crippen LogP contribution in [0.4, 0.5) is 4.39 Å². The second-order valence-electron chi connectivity index (χ2n) is 4.57. The lowest BCUT2D eigenvalue weighted by molar-refractivity contribution is 0.591. The van der Waals surface area contributed by atoms with E-state index in [-0.39, 0.29) is 17.1 Å². The molecule has 21 heavy (non-hydrogen) atoms. The van der Waals surface area contributed by atoms with Gasteiger partial charge in [0.1, 0.15) is 10.8 Å². The number of aryl methyl sites for hydroxylation is 1. The Kier molecular flexibility index (Phi) is 4.32. The lowest BCUT2D eigenvalue weighted by Gasteiger charge is -2.09. The van der Waals surface area contributed by atoms with Crippen molar-refractivity contribution in [1.29, 1.82) is 0 Å². The number of nitrogens with one attached hydrogen (secondary N) is 1. The Bertz CT molecular complexity index is 811. The zero-order valence-corrected chi connectivity index (χ0v) is 12.2. The second-order valence-corrected chi connectivity index (χ2v) is 5.01. The van der Waals surface area contributed by atoms with E-state index in [0.717, 1.165) is 0 Å². The van der Waals surface area contributed by atoms with Gasteiger partial charge in [0, 0.05) is 22.9 Å². The van der Waals surface area contributed by atoms with Crippen LogP contribution in [0.2, 0.25) is 0 Å². The number of halogens is 1. The number of hydrogen-bond donors (Lipinski definition) is 2. The van der Waals surface area contributed by atoms with E-state index in [9.17, 15) is 14.0 Å². The first-order valence-electron chi connectivity index (χ1n) is 6.33. The van der Waals surface area contributed by atoms with E-state index in [1.165, 1.54) is 29.0 Å². The highest BCUT2D eigenvalue weighted by Gasteiger charge is 2.09. The minimum absolute atomic E-state index is 0.00903. The molecule has 1 heterocycles. The van der Waals surface area contributed by atoms with Gasteiger partial charge in [-0.3, -0.25) is 14.3 Å². The third-order valence-corrected chi connectivity index (χ3v) is 3.37. The van der Waals surface area contributed by atoms with Crippen molar-refractivity contribution in [1.82, 2.24) is 9.55 Å². The number of H-pyrrole nitrogens is 1. The van der Waals surface area contributed by atoms with Gasteiger partial charge in [0.15, 0.2) is 0 Å². The minimum atomic E-state index is -0.586. The summed E-state index contributed by atoms with van der Waals surface area (Å²) < 4.78 is 15.1. The first kappa shape index (κ1) is 15.1. The Morgan fingerprint density at radius 3 is 2.71 bits per heavy atom. The largest absolute Gasteiger partial charge is 0.389 e. The number of benzene rings is 1. The van der Waals surface area contributed by atoms with Crippen molar-refractivity contribution >= 4 is 17.2 Å². The van der Waals surface area contributed by atoms with E-state index in [2.05, 4.69) is 4.98 Å². The van der Waals surface area contributed by atoms with Gasteiger partial charge in [0.05, 0.1) is 6.54 Å². The molecule has 5 nitrogen and oxygen atoms in total. The van der Waals surface area contributed by atoms with Crippen molar-refractivity contribution in [3.8, 4) is 0 Å². The smallest absolute Gasteiger partial charge is 0.328 e. The van der Waals surface area contributed by atoms with Crippen LogP contribution in [0, 0.1) is 5.82 Å². The fourth-order valence-corrected chi connectivity index (χ4v) is 2.08. The lowest BCUT2D eigenvalue weighted by atomic mass is 10.1. The Hall–Kier alpha value is -2.28. The van der Waals surface area contributed by atoms with Gasteiger partial charge >= 0.3 is 5.69 Å². The number of nitrogens with two attached hydrogens (primary N) is 1. The van der Waals surface area contributed by atoms with Crippen LogP contribution in [0.5, 0.6) is 0 Å². The summed E-state index contributed by atoms with van der Waals surface area (Å²) in [6.07, 6.45) is 1.92. The molecule has 1 aromatic carbocycles. The summed E-state index contributed by atoms with van der Waals surface area (Å²) in [6.45, 7) is 1.79. The Balaban J connectivity index is 2.47. The predicted octanol–water partition coefficient (Wildman–Crippen LogP) is 0.921. The minimum Gasteiger partial charge on any atom is -0.389 e. The fraction of sp³-hybridized carbons (Fsp3) is 0.214. The van der Waals surface area contributed by atoms with Gasteiger partial charge in [0.2, 0.25) is 0 Å². The monoisotopic (exact) mass is 307 g/mol. The Morgan fingerprint density at radius 1 is 1.38 bits per heavy atom. The number of nitrogens with zero attached hydrogens (tertiary/aromatic N) is 1. The highest BCUT2D eigenvalue weighted by atomic mass is 32.1. The number of aromatic nitrogens is 2. The van der Waals surface area contributed by atoms with Crippen molar-refractivity contribution < 1.29 is 4.39 Å². The Morgan fingerprint density at radius 2 is 2.10 bits per heavy atom. The van der Waals surface area contributed by atoms with Gasteiger partial charge in [-0.05, 0) is 24.6 Å². The van der Waals surface area contributed by atoms with E-state index in [1.807, 2.05) is 0 Å². The van der Waals surface area contributed by atoms with Gasteiger partial charge < -0.3 is 5.73 Å². The van der Waals surface area contributed by atoms with Crippen molar-refractivity contribution in [3.05, 3.63) is 67.7 Å². The Labute approximate surface area is 125 Å². The fourth-order valence-electron chi connectivity index (χ4n) is 1.96. The summed E-state index contributed by atoms with van der Waals surface area (Å²) in [6, 6.07) is 4.23. The summed E-state index contributed by atoms with van der Waals surface area (Å²) in [7, 11) is 0. The zero-order chi connectivity index (χ0) is 15.6. The van der Waals surface area contributed by atoms with Crippen LogP contribution in [0.15, 0.2) is 34.0 Å². The third kappa shape index (κ3) is 3.25. The summed E-state index contributed by atoms with van der Waals surface area (Å²) in [5.74, 6) is -0.467. The van der Waals surface area contributed by atoms with Crippen LogP contribution in [-0.2, 0) is 13.0 Å². The average Bonchev–Trinajstić information content (AvgIpc) is 2.43. The third-order valence-electron chi connectivity index (χ3n) is 3.14. The van der Waals surface area contributed by atoms with E-state index in [1.54, 1.807) is 6.92 Å². The molecule has 0 atom stereocenters. The van der Waals surface area contributed by atoms with Gasteiger partial charge in [-0.2, -0.15) is 0 Å². The molecule has 0 spiro atoms. The van der Waals surface area contributed by atoms with E-state index in [0.29, 0.717) is 17.5 Å². The molecule has 2 rings (SSSR count). The van der Waals surface area contributed by atoms with Crippen molar-refractivity contribution in [2.75, 3.05) is 0 Å². The molecule has 0 bridgehead atoms. The number of aromatic amines is 1. The number of thiocarbonyl (C=S) groups is 1. The SMILES string of the molecule is CCc1cn(Cc2cc(C(N)=S)ccc2F)c(=O)[nH]c1=O. The standard InChI is InChI=1S/C14H14FN3O2S/c1-2-8-6-18(14(20)17-13(8)19)7-10-5-9(12(16)21)3-4-11(10)15/h3-6H,2,7H2,1H3,(H2,16,21)(H,17,19,20). The van der Waals surface area contributed by atoms with Crippen molar-refractivity contribution in [3.63, 3.8) is 0 Å². The molecule has 3 N–H and O–H groups in total. The highest BCUT2D eigenvalue weighted by Crippen LogP contribution is 2.12. The van der Waals surface area contributed by atoms with Crippen LogP contribution >= 0.6 is 12.2 Å². The molecule has 2 aromatic rings. The molecule has 0 radical (unpaired) electrons. The van der Waals surface area contributed by atoms with E-state index < -0.39 is 17.1 Å². The lowest BCUT2D eigenvalue weighted by Crippen LogP contribution is -2.32. The van der Waals surface area contributed by atoms with Gasteiger partial charge in [-0.15, -0.1) is 0 Å². The van der Waals surface area contributed by atoms with Crippen LogP contribution in [0.1, 0.15) is 23.6 Å². The first-order valence-corrected chi connectivity index (χ1v) is 6.74. The van der Waals surface area contributed by atoms with Gasteiger partial charge in [-0.25, -0.2) is 9.18 Å². The number of hydrogen-bond acceptors (Lipinski definition) is 3. The molecule has 0 unspecified atom stereocenters. The molecule has 0 saturated heterocycles. The van der Waals surface area contributed by atoms with E-state index in [4.69, 9.17) is 18.0 Å². The van der Waals surface area contributed by atoms with Crippen LogP contribution in [-0.4, -0.2) is 14.5 Å². The molecule has 1 aromatic heterocycles. The van der Waals surface area contributed by atoms with E-state index >= 15 is 0 Å². The van der Waals surface area contributed by atoms with Crippen LogP contribution in [0.3, 0.4) is 0 Å². The predicted molar refractivity (Wildman–Crippen MR) is 82.1 cm³/mol. The molecular formula is C14H14FN3O2S. The second kappa shape index (κ2) is 6.01. The van der Waals surface area contributed by atoms with Crippen LogP contribution < -0.4 is 17.0 Å². The molecule has 0 aliphatic carbocycles. The number of rotatable bonds is 4. The highest BCUT2D eigenvalue weighted by molar-refractivity contribution is 7.80. The summed E-state index contributed by atoms with van der Waals surface area (Å²) in [4.78, 5) is 25.7. The topological polar surface area (TPSA) is 80.9 Å². The molecule has 0 aliphatic rings. The molecule has 0 amide bonds. The maximum atomic E-state index is 13.8. The first-order chi connectivity index (χ1) is 9.92. The molecule has 110 valence electrons. The summed E-state index contributed by atoms with van der Waals surface area (Å²) in [5, 5.41) is 0. The molecule has 7 heteroatoms. The van der Waals surface area contributed by atoms with Crippen molar-refractivity contribution in [2.45, 2.75) is 19.9 Å². The molecule has 0 aliphatic heterocycles. The normalized spacial score (nSPS) is 10.6. The zero-order valence-electron chi connectivity index (χ0n) is 11.4. The maximum Gasteiger partial charge on any atom is 0.328 e. The van der Waals surface area contributed by atoms with Gasteiger partial charge in [0.25, 0.3) is 5.56 Å². The average molecular weight is 307 g/mol. The van der Waals surface area contributed by atoms with Crippen molar-refractivity contribution in [2.24, 2.45) is 5.73 Å². The van der Waals surface area contributed by atoms with Crippen LogP contribution in [0.25, 0.3) is 0 Å². The maximum absolute atomic E-state index is 13.8. The molecule has 0 saturated carbocycles.